The quantitative estimate of drug-likeness (QED) is 0.574. The second kappa shape index (κ2) is 3.44. The van der Waals surface area contributed by atoms with Crippen molar-refractivity contribution in [3.8, 4) is 0 Å². The van der Waals surface area contributed by atoms with Crippen LogP contribution in [0.5, 0.6) is 0 Å². The molecule has 0 amide bonds. The van der Waals surface area contributed by atoms with Crippen molar-refractivity contribution < 1.29 is 0 Å². The van der Waals surface area contributed by atoms with Crippen molar-refractivity contribution in [1.82, 2.24) is 4.90 Å². The minimum atomic E-state index is 0.216. The van der Waals surface area contributed by atoms with Crippen LogP contribution in [0.2, 0.25) is 0 Å². The summed E-state index contributed by atoms with van der Waals surface area (Å²) in [6, 6.07) is 0.216. The van der Waals surface area contributed by atoms with Gasteiger partial charge < -0.3 is 10.6 Å². The molecule has 1 fully saturated rings. The van der Waals surface area contributed by atoms with Crippen LogP contribution in [0.15, 0.2) is 4.99 Å². The number of hydrogen-bond donors (Lipinski definition) is 1. The predicted octanol–water partition coefficient (Wildman–Crippen LogP) is 0.602. The summed E-state index contributed by atoms with van der Waals surface area (Å²) >= 11 is 0. The van der Waals surface area contributed by atoms with Crippen LogP contribution >= 0.6 is 0 Å². The van der Waals surface area contributed by atoms with Gasteiger partial charge in [0.05, 0.1) is 6.04 Å². The van der Waals surface area contributed by atoms with Gasteiger partial charge in [-0.2, -0.15) is 0 Å². The van der Waals surface area contributed by atoms with E-state index in [1.165, 1.54) is 38.2 Å². The molecule has 12 heavy (non-hydrogen) atoms. The maximum absolute atomic E-state index is 6.02. The summed E-state index contributed by atoms with van der Waals surface area (Å²) in [5.41, 5.74) is 6.02. The fraction of sp³-hybridized carbons (Fsp3) is 0.889. The maximum atomic E-state index is 6.02. The van der Waals surface area contributed by atoms with Crippen molar-refractivity contribution >= 4 is 5.84 Å². The van der Waals surface area contributed by atoms with Crippen LogP contribution in [-0.4, -0.2) is 36.4 Å². The molecule has 2 aliphatic rings. The number of amidine groups is 1. The lowest BCUT2D eigenvalue weighted by Crippen LogP contribution is -2.45. The fourth-order valence-electron chi connectivity index (χ4n) is 2.04. The molecule has 1 atom stereocenters. The zero-order valence-electron chi connectivity index (χ0n) is 7.50. The molecule has 3 heteroatoms. The first-order valence-electron chi connectivity index (χ1n) is 4.93. The normalized spacial score (nSPS) is 30.6. The molecule has 0 aromatic heterocycles. The molecule has 0 aromatic rings. The van der Waals surface area contributed by atoms with Gasteiger partial charge in [0.25, 0.3) is 0 Å². The summed E-state index contributed by atoms with van der Waals surface area (Å²) < 4.78 is 0. The second-order valence-electron chi connectivity index (χ2n) is 3.68. The van der Waals surface area contributed by atoms with E-state index in [4.69, 9.17) is 5.73 Å². The van der Waals surface area contributed by atoms with Gasteiger partial charge in [-0.05, 0) is 25.7 Å². The van der Waals surface area contributed by atoms with E-state index in [9.17, 15) is 0 Å². The Morgan fingerprint density at radius 2 is 2.08 bits per heavy atom. The minimum Gasteiger partial charge on any atom is -0.359 e. The highest BCUT2D eigenvalue weighted by Gasteiger charge is 2.23. The van der Waals surface area contributed by atoms with Crippen LogP contribution in [0.1, 0.15) is 25.7 Å². The van der Waals surface area contributed by atoms with Gasteiger partial charge in [-0.1, -0.05) is 0 Å². The van der Waals surface area contributed by atoms with Crippen LogP contribution in [-0.2, 0) is 0 Å². The van der Waals surface area contributed by atoms with Gasteiger partial charge >= 0.3 is 0 Å². The largest absolute Gasteiger partial charge is 0.359 e. The van der Waals surface area contributed by atoms with Gasteiger partial charge in [-0.3, -0.25) is 4.99 Å². The lowest BCUT2D eigenvalue weighted by atomic mass is 10.1. The maximum Gasteiger partial charge on any atom is 0.116 e. The molecule has 0 aromatic carbocycles. The highest BCUT2D eigenvalue weighted by atomic mass is 15.2. The summed E-state index contributed by atoms with van der Waals surface area (Å²) in [5.74, 6) is 1.18. The lowest BCUT2D eigenvalue weighted by molar-refractivity contribution is 0.388. The molecule has 0 radical (unpaired) electrons. The van der Waals surface area contributed by atoms with E-state index in [0.717, 1.165) is 13.0 Å². The number of nitrogens with two attached hydrogens (primary N) is 1. The Labute approximate surface area is 73.6 Å². The summed E-state index contributed by atoms with van der Waals surface area (Å²) in [5, 5.41) is 0. The van der Waals surface area contributed by atoms with E-state index in [2.05, 4.69) is 9.89 Å². The van der Waals surface area contributed by atoms with Crippen molar-refractivity contribution in [3.63, 3.8) is 0 Å². The Bertz CT molecular complexity index is 188. The molecule has 0 saturated carbocycles. The van der Waals surface area contributed by atoms with Crippen molar-refractivity contribution in [2.24, 2.45) is 10.7 Å². The zero-order chi connectivity index (χ0) is 8.39. The van der Waals surface area contributed by atoms with Gasteiger partial charge in [-0.15, -0.1) is 0 Å². The Morgan fingerprint density at radius 3 is 3.00 bits per heavy atom. The first kappa shape index (κ1) is 8.05. The molecule has 2 rings (SSSR count). The molecular weight excluding hydrogens is 150 g/mol. The molecular formula is C9H17N3. The highest BCUT2D eigenvalue weighted by Crippen LogP contribution is 2.14. The third-order valence-corrected chi connectivity index (χ3v) is 2.71. The topological polar surface area (TPSA) is 41.6 Å². The van der Waals surface area contributed by atoms with E-state index in [1.807, 2.05) is 0 Å². The average molecular weight is 167 g/mol. The van der Waals surface area contributed by atoms with E-state index in [0.29, 0.717) is 0 Å². The average Bonchev–Trinajstić information content (AvgIpc) is 2.29. The number of hydrogen-bond acceptors (Lipinski definition) is 3. The summed E-state index contributed by atoms with van der Waals surface area (Å²) in [6.45, 7) is 3.33. The molecule has 2 aliphatic heterocycles. The van der Waals surface area contributed by atoms with Crippen LogP contribution in [0.4, 0.5) is 0 Å². The molecule has 0 aliphatic carbocycles. The predicted molar refractivity (Wildman–Crippen MR) is 50.3 cm³/mol. The minimum absolute atomic E-state index is 0.216. The zero-order valence-corrected chi connectivity index (χ0v) is 7.50. The van der Waals surface area contributed by atoms with Crippen molar-refractivity contribution in [2.45, 2.75) is 31.7 Å². The Morgan fingerprint density at radius 1 is 1.25 bits per heavy atom. The molecule has 2 N–H and O–H groups in total. The molecule has 68 valence electrons. The summed E-state index contributed by atoms with van der Waals surface area (Å²) in [4.78, 5) is 6.89. The monoisotopic (exact) mass is 167 g/mol. The van der Waals surface area contributed by atoms with Crippen molar-refractivity contribution in [3.05, 3.63) is 0 Å². The number of fused-ring (bicyclic) bond motifs is 1. The van der Waals surface area contributed by atoms with Gasteiger partial charge in [0.2, 0.25) is 0 Å². The number of nitrogens with zero attached hydrogens (tertiary/aromatic N) is 2. The van der Waals surface area contributed by atoms with Crippen molar-refractivity contribution in [2.75, 3.05) is 19.6 Å². The van der Waals surface area contributed by atoms with Gasteiger partial charge in [0.1, 0.15) is 5.84 Å². The second-order valence-corrected chi connectivity index (χ2v) is 3.68. The third-order valence-electron chi connectivity index (χ3n) is 2.71. The van der Waals surface area contributed by atoms with Crippen LogP contribution in [0.3, 0.4) is 0 Å². The van der Waals surface area contributed by atoms with E-state index < -0.39 is 0 Å². The number of aliphatic imine (C=N–C) groups is 1. The van der Waals surface area contributed by atoms with Crippen LogP contribution < -0.4 is 5.73 Å². The smallest absolute Gasteiger partial charge is 0.116 e. The van der Waals surface area contributed by atoms with Gasteiger partial charge in [0, 0.05) is 19.6 Å². The highest BCUT2D eigenvalue weighted by molar-refractivity contribution is 5.88. The molecule has 0 spiro atoms. The third kappa shape index (κ3) is 1.46. The summed E-state index contributed by atoms with van der Waals surface area (Å²) in [6.07, 6.45) is 4.87. The lowest BCUT2D eigenvalue weighted by Gasteiger charge is -2.29. The van der Waals surface area contributed by atoms with Crippen LogP contribution in [0.25, 0.3) is 0 Å². The molecule has 1 saturated heterocycles. The number of rotatable bonds is 0. The Kier molecular flexibility index (Phi) is 2.30. The van der Waals surface area contributed by atoms with E-state index in [1.54, 1.807) is 0 Å². The SMILES string of the molecule is NC1CCCCN2CCCN=C12. The van der Waals surface area contributed by atoms with Gasteiger partial charge in [0.15, 0.2) is 0 Å². The molecule has 1 unspecified atom stereocenters. The Balaban J connectivity index is 2.14. The molecule has 2 heterocycles. The first-order valence-corrected chi connectivity index (χ1v) is 4.93. The molecule has 3 nitrogen and oxygen atoms in total. The van der Waals surface area contributed by atoms with Crippen LogP contribution in [0, 0.1) is 0 Å². The van der Waals surface area contributed by atoms with E-state index in [-0.39, 0.29) is 6.04 Å². The summed E-state index contributed by atoms with van der Waals surface area (Å²) in [7, 11) is 0. The fourth-order valence-corrected chi connectivity index (χ4v) is 2.04. The van der Waals surface area contributed by atoms with E-state index >= 15 is 0 Å². The standard InChI is InChI=1S/C9H17N3/c10-8-4-1-2-6-12-7-3-5-11-9(8)12/h8H,1-7,10H2. The van der Waals surface area contributed by atoms with Crippen molar-refractivity contribution in [1.29, 1.82) is 0 Å². The molecule has 0 bridgehead atoms. The first-order chi connectivity index (χ1) is 5.88. The van der Waals surface area contributed by atoms with Gasteiger partial charge in [-0.25, -0.2) is 0 Å². The Hall–Kier alpha value is -0.570.